The molecule has 3 heterocycles. The molecule has 0 unspecified atom stereocenters. The molecule has 0 radical (unpaired) electrons. The third-order valence-corrected chi connectivity index (χ3v) is 4.85. The molecule has 5 nitrogen and oxygen atoms in total. The number of fused-ring (bicyclic) bond motifs is 1. The van der Waals surface area contributed by atoms with Crippen molar-refractivity contribution < 1.29 is 0 Å². The number of anilines is 2. The average molecular weight is 305 g/mol. The van der Waals surface area contributed by atoms with E-state index >= 15 is 0 Å². The van der Waals surface area contributed by atoms with E-state index in [2.05, 4.69) is 32.5 Å². The summed E-state index contributed by atoms with van der Waals surface area (Å²) in [7, 11) is 1.83. The Balaban J connectivity index is 1.84. The van der Waals surface area contributed by atoms with Crippen LogP contribution in [0.2, 0.25) is 0 Å². The van der Waals surface area contributed by atoms with Crippen molar-refractivity contribution in [1.82, 2.24) is 15.0 Å². The van der Waals surface area contributed by atoms with Gasteiger partial charge in [-0.25, -0.2) is 9.97 Å². The highest BCUT2D eigenvalue weighted by atomic mass is 32.1. The molecule has 3 aromatic heterocycles. The fourth-order valence-electron chi connectivity index (χ4n) is 1.85. The number of hydrogen-bond donors (Lipinski definition) is 2. The van der Waals surface area contributed by atoms with E-state index in [0.29, 0.717) is 12.5 Å². The van der Waals surface area contributed by atoms with Crippen LogP contribution in [-0.4, -0.2) is 22.0 Å². The summed E-state index contributed by atoms with van der Waals surface area (Å²) in [5.74, 6) is 1.49. The fraction of sp³-hybridized carbons (Fsp3) is 0.308. The lowest BCUT2D eigenvalue weighted by atomic mass is 10.4. The smallest absolute Gasteiger partial charge is 0.225 e. The molecule has 104 valence electrons. The Hall–Kier alpha value is -1.73. The Kier molecular flexibility index (Phi) is 3.79. The molecule has 20 heavy (non-hydrogen) atoms. The van der Waals surface area contributed by atoms with E-state index < -0.39 is 0 Å². The van der Waals surface area contributed by atoms with Crippen LogP contribution in [-0.2, 0) is 13.0 Å². The van der Waals surface area contributed by atoms with Crippen LogP contribution >= 0.6 is 22.7 Å². The minimum absolute atomic E-state index is 0.635. The Morgan fingerprint density at radius 2 is 2.20 bits per heavy atom. The number of nitrogens with one attached hydrogen (secondary N) is 2. The van der Waals surface area contributed by atoms with Gasteiger partial charge in [-0.05, 0) is 17.9 Å². The molecule has 0 bridgehead atoms. The first-order chi connectivity index (χ1) is 9.80. The van der Waals surface area contributed by atoms with Crippen LogP contribution in [0.1, 0.15) is 16.8 Å². The van der Waals surface area contributed by atoms with E-state index in [-0.39, 0.29) is 0 Å². The number of aryl methyl sites for hydroxylation is 1. The van der Waals surface area contributed by atoms with Gasteiger partial charge >= 0.3 is 0 Å². The summed E-state index contributed by atoms with van der Waals surface area (Å²) in [5.41, 5.74) is 0. The Bertz CT molecular complexity index is 718. The van der Waals surface area contributed by atoms with Crippen LogP contribution in [0.3, 0.4) is 0 Å². The van der Waals surface area contributed by atoms with Gasteiger partial charge in [-0.3, -0.25) is 0 Å². The molecule has 3 aromatic rings. The number of thiophene rings is 1. The quantitative estimate of drug-likeness (QED) is 0.757. The summed E-state index contributed by atoms with van der Waals surface area (Å²) < 4.78 is 0. The first-order valence-corrected chi connectivity index (χ1v) is 8.10. The number of hydrogen-bond acceptors (Lipinski definition) is 7. The van der Waals surface area contributed by atoms with Gasteiger partial charge in [0.2, 0.25) is 5.95 Å². The third kappa shape index (κ3) is 2.59. The minimum Gasteiger partial charge on any atom is -0.363 e. The molecule has 2 N–H and O–H groups in total. The van der Waals surface area contributed by atoms with Crippen molar-refractivity contribution in [3.8, 4) is 0 Å². The topological polar surface area (TPSA) is 62.7 Å². The van der Waals surface area contributed by atoms with Gasteiger partial charge in [0.1, 0.15) is 15.7 Å². The molecule has 0 aromatic carbocycles. The van der Waals surface area contributed by atoms with Crippen molar-refractivity contribution in [3.63, 3.8) is 0 Å². The molecule has 0 saturated heterocycles. The van der Waals surface area contributed by atoms with Crippen LogP contribution in [0.15, 0.2) is 17.6 Å². The van der Waals surface area contributed by atoms with Gasteiger partial charge in [-0.2, -0.15) is 4.98 Å². The highest BCUT2D eigenvalue weighted by molar-refractivity contribution is 7.16. The molecule has 3 rings (SSSR count). The predicted molar refractivity (Wildman–Crippen MR) is 85.8 cm³/mol. The second-order valence-corrected chi connectivity index (χ2v) is 6.31. The fourth-order valence-corrected chi connectivity index (χ4v) is 3.42. The monoisotopic (exact) mass is 305 g/mol. The molecule has 0 aliphatic heterocycles. The zero-order chi connectivity index (χ0) is 13.9. The first kappa shape index (κ1) is 13.3. The Labute approximate surface area is 125 Å². The SMILES string of the molecule is CCc1cnc(CNc2nc(NC)nc3sccc23)s1. The van der Waals surface area contributed by atoms with Gasteiger partial charge < -0.3 is 10.6 Å². The summed E-state index contributed by atoms with van der Waals surface area (Å²) >= 11 is 3.36. The highest BCUT2D eigenvalue weighted by Crippen LogP contribution is 2.27. The highest BCUT2D eigenvalue weighted by Gasteiger charge is 2.09. The third-order valence-electron chi connectivity index (χ3n) is 2.91. The van der Waals surface area contributed by atoms with E-state index in [1.165, 1.54) is 4.88 Å². The number of aromatic nitrogens is 3. The average Bonchev–Trinajstić information content (AvgIpc) is 3.12. The molecule has 0 amide bonds. The normalized spacial score (nSPS) is 10.9. The van der Waals surface area contributed by atoms with E-state index in [1.54, 1.807) is 22.7 Å². The summed E-state index contributed by atoms with van der Waals surface area (Å²) in [6.45, 7) is 2.83. The van der Waals surface area contributed by atoms with Crippen molar-refractivity contribution >= 4 is 44.7 Å². The van der Waals surface area contributed by atoms with Crippen molar-refractivity contribution in [2.75, 3.05) is 17.7 Å². The van der Waals surface area contributed by atoms with Gasteiger partial charge in [0.15, 0.2) is 0 Å². The van der Waals surface area contributed by atoms with E-state index in [9.17, 15) is 0 Å². The Morgan fingerprint density at radius 3 is 2.95 bits per heavy atom. The van der Waals surface area contributed by atoms with Gasteiger partial charge in [-0.15, -0.1) is 22.7 Å². The van der Waals surface area contributed by atoms with Gasteiger partial charge in [0.05, 0.1) is 11.9 Å². The molecule has 0 atom stereocenters. The lowest BCUT2D eigenvalue weighted by Crippen LogP contribution is -2.04. The molecular weight excluding hydrogens is 290 g/mol. The van der Waals surface area contributed by atoms with E-state index in [1.807, 2.05) is 24.7 Å². The lowest BCUT2D eigenvalue weighted by molar-refractivity contribution is 1.07. The summed E-state index contributed by atoms with van der Waals surface area (Å²) in [5, 5.41) is 10.5. The predicted octanol–water partition coefficient (Wildman–Crippen LogP) is 3.36. The molecule has 0 aliphatic rings. The summed E-state index contributed by atoms with van der Waals surface area (Å²) in [6, 6.07) is 2.04. The maximum absolute atomic E-state index is 4.48. The molecule has 0 fully saturated rings. The van der Waals surface area contributed by atoms with Crippen molar-refractivity contribution in [2.24, 2.45) is 0 Å². The van der Waals surface area contributed by atoms with Crippen LogP contribution in [0.25, 0.3) is 10.2 Å². The van der Waals surface area contributed by atoms with Crippen LogP contribution in [0.4, 0.5) is 11.8 Å². The van der Waals surface area contributed by atoms with Gasteiger partial charge in [0, 0.05) is 18.1 Å². The second-order valence-electron chi connectivity index (χ2n) is 4.21. The largest absolute Gasteiger partial charge is 0.363 e. The van der Waals surface area contributed by atoms with Crippen LogP contribution < -0.4 is 10.6 Å². The standard InChI is InChI=1S/C13H15N5S2/c1-3-8-6-15-10(20-8)7-16-11-9-4-5-19-12(9)18-13(14-2)17-11/h4-6H,3,7H2,1-2H3,(H2,14,16,17,18). The second kappa shape index (κ2) is 5.72. The summed E-state index contributed by atoms with van der Waals surface area (Å²) in [6.07, 6.45) is 2.98. The molecule has 7 heteroatoms. The molecule has 0 aliphatic carbocycles. The van der Waals surface area contributed by atoms with E-state index in [4.69, 9.17) is 0 Å². The van der Waals surface area contributed by atoms with Crippen LogP contribution in [0.5, 0.6) is 0 Å². The van der Waals surface area contributed by atoms with E-state index in [0.717, 1.165) is 27.5 Å². The molecular formula is C13H15N5S2. The Morgan fingerprint density at radius 1 is 1.30 bits per heavy atom. The first-order valence-electron chi connectivity index (χ1n) is 6.40. The number of nitrogens with zero attached hydrogens (tertiary/aromatic N) is 3. The minimum atomic E-state index is 0.635. The lowest BCUT2D eigenvalue weighted by Gasteiger charge is -2.07. The number of rotatable bonds is 5. The van der Waals surface area contributed by atoms with Gasteiger partial charge in [-0.1, -0.05) is 6.92 Å². The van der Waals surface area contributed by atoms with Crippen molar-refractivity contribution in [2.45, 2.75) is 19.9 Å². The zero-order valence-corrected chi connectivity index (χ0v) is 12.9. The molecule has 0 spiro atoms. The zero-order valence-electron chi connectivity index (χ0n) is 11.3. The maximum atomic E-state index is 4.48. The van der Waals surface area contributed by atoms with Crippen LogP contribution in [0, 0.1) is 0 Å². The van der Waals surface area contributed by atoms with Crippen molar-refractivity contribution in [3.05, 3.63) is 27.5 Å². The maximum Gasteiger partial charge on any atom is 0.225 e. The summed E-state index contributed by atoms with van der Waals surface area (Å²) in [4.78, 5) is 15.6. The molecule has 0 saturated carbocycles. The van der Waals surface area contributed by atoms with Crippen molar-refractivity contribution in [1.29, 1.82) is 0 Å². The van der Waals surface area contributed by atoms with Gasteiger partial charge in [0.25, 0.3) is 0 Å². The number of thiazole rings is 1.